The summed E-state index contributed by atoms with van der Waals surface area (Å²) in [5.74, 6) is -1.76. The lowest BCUT2D eigenvalue weighted by atomic mass is 10.0. The summed E-state index contributed by atoms with van der Waals surface area (Å²) in [5.41, 5.74) is 0. The lowest BCUT2D eigenvalue weighted by Gasteiger charge is -2.21. The normalized spacial score (nSPS) is 17.5. The second-order valence-corrected chi connectivity index (χ2v) is 6.75. The first-order valence-corrected chi connectivity index (χ1v) is 8.78. The molecule has 24 heavy (non-hydrogen) atoms. The van der Waals surface area contributed by atoms with E-state index in [-0.39, 0.29) is 24.5 Å². The zero-order chi connectivity index (χ0) is 18.1. The largest absolute Gasteiger partial charge is 0.480 e. The van der Waals surface area contributed by atoms with Gasteiger partial charge in [0.15, 0.2) is 0 Å². The number of carboxylic acid groups (broad SMARTS) is 1. The number of amides is 2. The highest BCUT2D eigenvalue weighted by molar-refractivity contribution is 5.89. The fraction of sp³-hybridized carbons (Fsp3) is 0.824. The molecule has 138 valence electrons. The number of nitrogens with one attached hydrogen (secondary N) is 2. The molecule has 1 unspecified atom stereocenters. The minimum absolute atomic E-state index is 0.122. The molecule has 0 aromatic carbocycles. The molecule has 0 radical (unpaired) electrons. The maximum atomic E-state index is 12.1. The molecule has 1 aliphatic carbocycles. The number of hydrogen-bond acceptors (Lipinski definition) is 4. The Labute approximate surface area is 143 Å². The summed E-state index contributed by atoms with van der Waals surface area (Å²) in [6, 6.07) is -0.939. The maximum Gasteiger partial charge on any atom is 0.326 e. The zero-order valence-corrected chi connectivity index (χ0v) is 14.8. The second kappa shape index (κ2) is 10.3. The molecule has 0 bridgehead atoms. The number of aliphatic carboxylic acids is 1. The van der Waals surface area contributed by atoms with E-state index in [1.807, 2.05) is 20.8 Å². The molecule has 0 saturated heterocycles. The third-order valence-corrected chi connectivity index (χ3v) is 4.09. The number of ether oxygens (including phenoxy) is 1. The molecular weight excluding hydrogens is 312 g/mol. The zero-order valence-electron chi connectivity index (χ0n) is 14.8. The summed E-state index contributed by atoms with van der Waals surface area (Å²) in [6.45, 7) is 5.39. The fourth-order valence-corrected chi connectivity index (χ4v) is 2.82. The molecule has 1 rings (SSSR count). The van der Waals surface area contributed by atoms with Gasteiger partial charge in [-0.25, -0.2) is 4.79 Å². The van der Waals surface area contributed by atoms with Crippen LogP contribution in [0.5, 0.6) is 0 Å². The summed E-state index contributed by atoms with van der Waals surface area (Å²) in [4.78, 5) is 35.1. The van der Waals surface area contributed by atoms with Crippen molar-refractivity contribution in [2.75, 3.05) is 6.54 Å². The van der Waals surface area contributed by atoms with Gasteiger partial charge in [-0.1, -0.05) is 33.6 Å². The van der Waals surface area contributed by atoms with E-state index in [2.05, 4.69) is 10.6 Å². The number of rotatable bonds is 10. The highest BCUT2D eigenvalue weighted by Gasteiger charge is 2.25. The average Bonchev–Trinajstić information content (AvgIpc) is 3.02. The van der Waals surface area contributed by atoms with E-state index >= 15 is 0 Å². The van der Waals surface area contributed by atoms with Crippen molar-refractivity contribution in [2.45, 2.75) is 77.5 Å². The lowest BCUT2D eigenvalue weighted by molar-refractivity contribution is -0.142. The van der Waals surface area contributed by atoms with Crippen LogP contribution in [-0.4, -0.2) is 47.7 Å². The van der Waals surface area contributed by atoms with Gasteiger partial charge in [-0.15, -0.1) is 0 Å². The number of carboxylic acids is 1. The van der Waals surface area contributed by atoms with E-state index in [1.165, 1.54) is 0 Å². The SMILES string of the molecule is CCC(OC1CCCC1)C(=O)NCC(=O)N[C@@H](CC(C)C)C(=O)O. The molecule has 1 fully saturated rings. The third kappa shape index (κ3) is 7.29. The van der Waals surface area contributed by atoms with Gasteiger partial charge in [0, 0.05) is 0 Å². The number of carbonyl (C=O) groups excluding carboxylic acids is 2. The average molecular weight is 342 g/mol. The van der Waals surface area contributed by atoms with Gasteiger partial charge in [0.2, 0.25) is 11.8 Å². The van der Waals surface area contributed by atoms with E-state index in [0.29, 0.717) is 12.8 Å². The third-order valence-electron chi connectivity index (χ3n) is 4.09. The van der Waals surface area contributed by atoms with E-state index in [9.17, 15) is 14.4 Å². The first-order valence-electron chi connectivity index (χ1n) is 8.78. The molecule has 3 N–H and O–H groups in total. The molecule has 7 nitrogen and oxygen atoms in total. The van der Waals surface area contributed by atoms with Gasteiger partial charge >= 0.3 is 5.97 Å². The van der Waals surface area contributed by atoms with Gasteiger partial charge in [0.25, 0.3) is 0 Å². The van der Waals surface area contributed by atoms with Crippen molar-refractivity contribution in [3.05, 3.63) is 0 Å². The van der Waals surface area contributed by atoms with Crippen molar-refractivity contribution in [3.8, 4) is 0 Å². The minimum Gasteiger partial charge on any atom is -0.480 e. The quantitative estimate of drug-likeness (QED) is 0.557. The predicted molar refractivity (Wildman–Crippen MR) is 89.5 cm³/mol. The molecule has 0 aromatic heterocycles. The van der Waals surface area contributed by atoms with Crippen LogP contribution in [0.1, 0.15) is 59.3 Å². The highest BCUT2D eigenvalue weighted by atomic mass is 16.5. The predicted octanol–water partition coefficient (Wildman–Crippen LogP) is 1.46. The Balaban J connectivity index is 2.40. The van der Waals surface area contributed by atoms with Crippen molar-refractivity contribution in [2.24, 2.45) is 5.92 Å². The molecule has 0 aromatic rings. The standard InChI is InChI=1S/C17H30N2O5/c1-4-14(24-12-7-5-6-8-12)16(21)18-10-15(20)19-13(17(22)23)9-11(2)3/h11-14H,4-10H2,1-3H3,(H,18,21)(H,19,20)(H,22,23)/t13-,14?/m0/s1. The van der Waals surface area contributed by atoms with Crippen LogP contribution >= 0.6 is 0 Å². The molecule has 0 spiro atoms. The lowest BCUT2D eigenvalue weighted by Crippen LogP contribution is -2.48. The van der Waals surface area contributed by atoms with E-state index in [0.717, 1.165) is 25.7 Å². The number of carbonyl (C=O) groups is 3. The summed E-state index contributed by atoms with van der Waals surface area (Å²) in [6.07, 6.45) is 4.63. The molecule has 1 saturated carbocycles. The molecule has 0 heterocycles. The van der Waals surface area contributed by atoms with Crippen molar-refractivity contribution in [3.63, 3.8) is 0 Å². The van der Waals surface area contributed by atoms with Crippen molar-refractivity contribution >= 4 is 17.8 Å². The molecule has 1 aliphatic rings. The summed E-state index contributed by atoms with van der Waals surface area (Å²) in [7, 11) is 0. The number of hydrogen-bond donors (Lipinski definition) is 3. The van der Waals surface area contributed by atoms with Gasteiger partial charge in [-0.3, -0.25) is 9.59 Å². The Morgan fingerprint density at radius 3 is 2.33 bits per heavy atom. The van der Waals surface area contributed by atoms with Gasteiger partial charge in [-0.2, -0.15) is 0 Å². The van der Waals surface area contributed by atoms with E-state index in [1.54, 1.807) is 0 Å². The van der Waals surface area contributed by atoms with Crippen LogP contribution < -0.4 is 10.6 Å². The Morgan fingerprint density at radius 1 is 1.21 bits per heavy atom. The molecule has 2 atom stereocenters. The summed E-state index contributed by atoms with van der Waals surface area (Å²) < 4.78 is 5.79. The maximum absolute atomic E-state index is 12.1. The van der Waals surface area contributed by atoms with E-state index in [4.69, 9.17) is 9.84 Å². The van der Waals surface area contributed by atoms with Crippen molar-refractivity contribution in [1.82, 2.24) is 10.6 Å². The van der Waals surface area contributed by atoms with Crippen LogP contribution in [0.15, 0.2) is 0 Å². The van der Waals surface area contributed by atoms with Gasteiger partial charge in [-0.05, 0) is 31.6 Å². The smallest absolute Gasteiger partial charge is 0.326 e. The van der Waals surface area contributed by atoms with Gasteiger partial charge < -0.3 is 20.5 Å². The van der Waals surface area contributed by atoms with E-state index < -0.39 is 24.0 Å². The monoisotopic (exact) mass is 342 g/mol. The minimum atomic E-state index is -1.07. The topological polar surface area (TPSA) is 105 Å². The summed E-state index contributed by atoms with van der Waals surface area (Å²) >= 11 is 0. The van der Waals surface area contributed by atoms with Crippen LogP contribution in [0.3, 0.4) is 0 Å². The Hall–Kier alpha value is -1.63. The molecule has 7 heteroatoms. The Morgan fingerprint density at radius 2 is 1.83 bits per heavy atom. The first kappa shape index (κ1) is 20.4. The van der Waals surface area contributed by atoms with Crippen molar-refractivity contribution < 1.29 is 24.2 Å². The Bertz CT molecular complexity index is 433. The van der Waals surface area contributed by atoms with Crippen LogP contribution in [0.25, 0.3) is 0 Å². The van der Waals surface area contributed by atoms with Crippen LogP contribution in [0, 0.1) is 5.92 Å². The van der Waals surface area contributed by atoms with Crippen molar-refractivity contribution in [1.29, 1.82) is 0 Å². The summed E-state index contributed by atoms with van der Waals surface area (Å²) in [5, 5.41) is 14.1. The highest BCUT2D eigenvalue weighted by Crippen LogP contribution is 2.22. The first-order chi connectivity index (χ1) is 11.3. The Kier molecular flexibility index (Phi) is 8.74. The molecule has 0 aliphatic heterocycles. The second-order valence-electron chi connectivity index (χ2n) is 6.75. The van der Waals surface area contributed by atoms with Gasteiger partial charge in [0.1, 0.15) is 12.1 Å². The molecular formula is C17H30N2O5. The van der Waals surface area contributed by atoms with Crippen LogP contribution in [-0.2, 0) is 19.1 Å². The molecule has 2 amide bonds. The fourth-order valence-electron chi connectivity index (χ4n) is 2.82. The van der Waals surface area contributed by atoms with Crippen LogP contribution in [0.4, 0.5) is 0 Å². The van der Waals surface area contributed by atoms with Crippen LogP contribution in [0.2, 0.25) is 0 Å². The van der Waals surface area contributed by atoms with Gasteiger partial charge in [0.05, 0.1) is 12.6 Å².